The van der Waals surface area contributed by atoms with Gasteiger partial charge in [0.05, 0.1) is 17.6 Å². The van der Waals surface area contributed by atoms with Gasteiger partial charge in [0.2, 0.25) is 11.9 Å². The van der Waals surface area contributed by atoms with Crippen molar-refractivity contribution in [3.05, 3.63) is 46.8 Å². The maximum Gasteiger partial charge on any atom is 0.287 e. The molecule has 0 aliphatic heterocycles. The molecule has 2 heterocycles. The van der Waals surface area contributed by atoms with Crippen molar-refractivity contribution >= 4 is 44.7 Å². The fourth-order valence-electron chi connectivity index (χ4n) is 2.47. The Morgan fingerprint density at radius 3 is 2.76 bits per heavy atom. The minimum atomic E-state index is -0.456. The molecule has 0 atom stereocenters. The molecule has 0 saturated heterocycles. The number of hydrogen-bond donors (Lipinski definition) is 2. The molecule has 0 unspecified atom stereocenters. The summed E-state index contributed by atoms with van der Waals surface area (Å²) >= 11 is 3.13. The van der Waals surface area contributed by atoms with E-state index in [-0.39, 0.29) is 18.2 Å². The molecule has 0 aliphatic carbocycles. The van der Waals surface area contributed by atoms with Gasteiger partial charge >= 0.3 is 0 Å². The molecule has 0 saturated carbocycles. The van der Waals surface area contributed by atoms with Gasteiger partial charge in [-0.15, -0.1) is 0 Å². The quantitative estimate of drug-likeness (QED) is 0.660. The Kier molecular flexibility index (Phi) is 5.18. The van der Waals surface area contributed by atoms with Gasteiger partial charge in [0.25, 0.3) is 5.91 Å². The monoisotopic (exact) mass is 404 g/mol. The smallest absolute Gasteiger partial charge is 0.287 e. The molecule has 2 amide bonds. The normalized spacial score (nSPS) is 10.8. The fraction of sp³-hybridized carbons (Fsp3) is 0.235. The van der Waals surface area contributed by atoms with Crippen LogP contribution in [0.25, 0.3) is 11.0 Å². The zero-order valence-corrected chi connectivity index (χ0v) is 15.2. The van der Waals surface area contributed by atoms with Crippen molar-refractivity contribution in [3.63, 3.8) is 0 Å². The Bertz CT molecular complexity index is 916. The summed E-state index contributed by atoms with van der Waals surface area (Å²) in [5, 5.41) is 5.27. The van der Waals surface area contributed by atoms with Crippen molar-refractivity contribution in [1.82, 2.24) is 14.9 Å². The molecule has 0 aliphatic rings. The third kappa shape index (κ3) is 3.90. The summed E-state index contributed by atoms with van der Waals surface area (Å²) in [4.78, 5) is 28.5. The lowest BCUT2D eigenvalue weighted by atomic mass is 10.3. The highest BCUT2D eigenvalue weighted by Crippen LogP contribution is 2.20. The summed E-state index contributed by atoms with van der Waals surface area (Å²) in [6, 6.07) is 10.8. The number of amides is 2. The second-order valence-electron chi connectivity index (χ2n) is 5.41. The van der Waals surface area contributed by atoms with Crippen LogP contribution >= 0.6 is 15.9 Å². The summed E-state index contributed by atoms with van der Waals surface area (Å²) in [5.74, 6) is -0.199. The number of hydrogen-bond acceptors (Lipinski definition) is 4. The van der Waals surface area contributed by atoms with Gasteiger partial charge < -0.3 is 14.3 Å². The number of nitrogens with zero attached hydrogens (tertiary/aromatic N) is 2. The summed E-state index contributed by atoms with van der Waals surface area (Å²) in [6.07, 6.45) is 0.910. The summed E-state index contributed by atoms with van der Waals surface area (Å²) < 4.78 is 7.55. The van der Waals surface area contributed by atoms with Crippen LogP contribution < -0.4 is 10.6 Å². The predicted molar refractivity (Wildman–Crippen MR) is 97.4 cm³/mol. The van der Waals surface area contributed by atoms with Gasteiger partial charge in [0.1, 0.15) is 0 Å². The highest BCUT2D eigenvalue weighted by atomic mass is 79.9. The Hall–Kier alpha value is -2.61. The molecule has 0 spiro atoms. The first-order valence-electron chi connectivity index (χ1n) is 7.87. The van der Waals surface area contributed by atoms with E-state index in [1.165, 1.54) is 6.07 Å². The average Bonchev–Trinajstić information content (AvgIpc) is 3.18. The second-order valence-corrected chi connectivity index (χ2v) is 6.19. The number of aryl methyl sites for hydroxylation is 1. The number of carbonyl (C=O) groups is 2. The topological polar surface area (TPSA) is 89.2 Å². The van der Waals surface area contributed by atoms with Crippen LogP contribution in [0.1, 0.15) is 23.9 Å². The van der Waals surface area contributed by atoms with E-state index in [1.54, 1.807) is 6.07 Å². The van der Waals surface area contributed by atoms with E-state index in [1.807, 2.05) is 28.8 Å². The molecular weight excluding hydrogens is 388 g/mol. The molecule has 2 aromatic heterocycles. The van der Waals surface area contributed by atoms with Crippen molar-refractivity contribution in [2.45, 2.75) is 19.9 Å². The second kappa shape index (κ2) is 7.52. The minimum absolute atomic E-state index is 0.137. The van der Waals surface area contributed by atoms with E-state index < -0.39 is 5.91 Å². The molecule has 0 bridgehead atoms. The molecule has 8 heteroatoms. The average molecular weight is 405 g/mol. The van der Waals surface area contributed by atoms with Gasteiger partial charge in [-0.05, 0) is 46.6 Å². The number of furan rings is 1. The molecular formula is C17H17BrN4O3. The van der Waals surface area contributed by atoms with E-state index in [2.05, 4.69) is 38.5 Å². The zero-order valence-electron chi connectivity index (χ0n) is 13.6. The fourth-order valence-corrected chi connectivity index (χ4v) is 2.78. The van der Waals surface area contributed by atoms with E-state index in [9.17, 15) is 9.59 Å². The minimum Gasteiger partial charge on any atom is -0.444 e. The van der Waals surface area contributed by atoms with Crippen molar-refractivity contribution < 1.29 is 14.0 Å². The van der Waals surface area contributed by atoms with Gasteiger partial charge in [-0.25, -0.2) is 4.98 Å². The summed E-state index contributed by atoms with van der Waals surface area (Å²) in [5.41, 5.74) is 1.78. The van der Waals surface area contributed by atoms with E-state index in [0.29, 0.717) is 10.6 Å². The Morgan fingerprint density at radius 1 is 1.24 bits per heavy atom. The van der Waals surface area contributed by atoms with Gasteiger partial charge in [-0.1, -0.05) is 19.1 Å². The van der Waals surface area contributed by atoms with Crippen LogP contribution in [0, 0.1) is 0 Å². The number of aromatic nitrogens is 2. The first-order valence-corrected chi connectivity index (χ1v) is 8.66. The lowest BCUT2D eigenvalue weighted by Crippen LogP contribution is -2.33. The number of rotatable bonds is 6. The number of nitrogens with one attached hydrogen (secondary N) is 2. The number of para-hydroxylation sites is 2. The van der Waals surface area contributed by atoms with Crippen LogP contribution in [0.2, 0.25) is 0 Å². The number of imidazole rings is 1. The Morgan fingerprint density at radius 2 is 2.04 bits per heavy atom. The van der Waals surface area contributed by atoms with Crippen molar-refractivity contribution in [1.29, 1.82) is 0 Å². The molecule has 2 N–H and O–H groups in total. The number of fused-ring (bicyclic) bond motifs is 1. The SMILES string of the molecule is CCCn1c(NC(=O)CNC(=O)c2ccc(Br)o2)nc2ccccc21. The zero-order chi connectivity index (χ0) is 17.8. The van der Waals surface area contributed by atoms with Crippen LogP contribution in [0.5, 0.6) is 0 Å². The van der Waals surface area contributed by atoms with E-state index in [4.69, 9.17) is 4.42 Å². The first-order chi connectivity index (χ1) is 12.1. The highest BCUT2D eigenvalue weighted by Gasteiger charge is 2.15. The first kappa shape index (κ1) is 17.2. The van der Waals surface area contributed by atoms with Gasteiger partial charge in [0.15, 0.2) is 10.4 Å². The lowest BCUT2D eigenvalue weighted by Gasteiger charge is -2.09. The van der Waals surface area contributed by atoms with Crippen molar-refractivity contribution in [2.75, 3.05) is 11.9 Å². The summed E-state index contributed by atoms with van der Waals surface area (Å²) in [7, 11) is 0. The molecule has 7 nitrogen and oxygen atoms in total. The third-order valence-electron chi connectivity index (χ3n) is 3.56. The lowest BCUT2D eigenvalue weighted by molar-refractivity contribution is -0.115. The number of carbonyl (C=O) groups excluding carboxylic acids is 2. The van der Waals surface area contributed by atoms with Gasteiger partial charge in [-0.2, -0.15) is 0 Å². The van der Waals surface area contributed by atoms with Gasteiger partial charge in [-0.3, -0.25) is 14.9 Å². The van der Waals surface area contributed by atoms with E-state index in [0.717, 1.165) is 24.0 Å². The predicted octanol–water partition coefficient (Wildman–Crippen LogP) is 3.17. The molecule has 3 rings (SSSR count). The molecule has 1 aromatic carbocycles. The Labute approximate surface area is 152 Å². The highest BCUT2D eigenvalue weighted by molar-refractivity contribution is 9.10. The van der Waals surface area contributed by atoms with Crippen molar-refractivity contribution in [3.8, 4) is 0 Å². The number of halogens is 1. The maximum atomic E-state index is 12.2. The van der Waals surface area contributed by atoms with Crippen molar-refractivity contribution in [2.24, 2.45) is 0 Å². The van der Waals surface area contributed by atoms with Crippen LogP contribution in [0.15, 0.2) is 45.5 Å². The van der Waals surface area contributed by atoms with E-state index >= 15 is 0 Å². The standard InChI is InChI=1S/C17H17BrN4O3/c1-2-9-22-12-6-4-3-5-11(12)20-17(22)21-15(23)10-19-16(24)13-7-8-14(18)25-13/h3-8H,2,9-10H2,1H3,(H,19,24)(H,20,21,23). The summed E-state index contributed by atoms with van der Waals surface area (Å²) in [6.45, 7) is 2.62. The maximum absolute atomic E-state index is 12.2. The van der Waals surface area contributed by atoms with Crippen LogP contribution in [0.3, 0.4) is 0 Å². The third-order valence-corrected chi connectivity index (χ3v) is 3.99. The van der Waals surface area contributed by atoms with Gasteiger partial charge in [0, 0.05) is 6.54 Å². The van der Waals surface area contributed by atoms with Crippen LogP contribution in [-0.2, 0) is 11.3 Å². The Balaban J connectivity index is 1.67. The molecule has 0 fully saturated rings. The largest absolute Gasteiger partial charge is 0.444 e. The molecule has 25 heavy (non-hydrogen) atoms. The molecule has 3 aromatic rings. The number of benzene rings is 1. The molecule has 130 valence electrons. The number of anilines is 1. The van der Waals surface area contributed by atoms with Crippen LogP contribution in [0.4, 0.5) is 5.95 Å². The molecule has 0 radical (unpaired) electrons. The van der Waals surface area contributed by atoms with Crippen LogP contribution in [-0.4, -0.2) is 27.9 Å².